The Hall–Kier alpha value is -3.10. The number of hydrogen-bond acceptors (Lipinski definition) is 6. The summed E-state index contributed by atoms with van der Waals surface area (Å²) in [5, 5.41) is 5.47. The highest BCUT2D eigenvalue weighted by Crippen LogP contribution is 2.22. The number of ether oxygens (including phenoxy) is 2. The van der Waals surface area contributed by atoms with Crippen molar-refractivity contribution < 1.29 is 28.7 Å². The molecule has 0 unspecified atom stereocenters. The molecular formula is C28H43N3O6. The zero-order valence-electron chi connectivity index (χ0n) is 23.2. The number of nitrogens with zero attached hydrogens (tertiary/aromatic N) is 1. The van der Waals surface area contributed by atoms with Crippen molar-refractivity contribution in [3.63, 3.8) is 0 Å². The maximum absolute atomic E-state index is 13.6. The highest BCUT2D eigenvalue weighted by atomic mass is 16.6. The maximum Gasteiger partial charge on any atom is 0.408 e. The zero-order chi connectivity index (χ0) is 27.8. The molecule has 0 saturated carbocycles. The van der Waals surface area contributed by atoms with Crippen LogP contribution in [0.4, 0.5) is 4.79 Å². The number of alkyl carbamates (subject to hydrolysis) is 1. The van der Waals surface area contributed by atoms with Crippen molar-refractivity contribution >= 4 is 23.9 Å². The summed E-state index contributed by atoms with van der Waals surface area (Å²) in [4.78, 5) is 53.5. The second-order valence-corrected chi connectivity index (χ2v) is 11.3. The summed E-state index contributed by atoms with van der Waals surface area (Å²) in [5.41, 5.74) is 0.159. The van der Waals surface area contributed by atoms with Crippen LogP contribution in [0.3, 0.4) is 0 Å². The normalized spacial score (nSPS) is 17.3. The van der Waals surface area contributed by atoms with Crippen molar-refractivity contribution in [3.8, 4) is 0 Å². The van der Waals surface area contributed by atoms with Crippen LogP contribution in [0.2, 0.25) is 0 Å². The molecule has 1 aromatic rings. The fourth-order valence-electron chi connectivity index (χ4n) is 4.22. The number of carbonyl (C=O) groups excluding carboxylic acids is 4. The summed E-state index contributed by atoms with van der Waals surface area (Å²) >= 11 is 0. The lowest BCUT2D eigenvalue weighted by molar-refractivity contribution is -0.155. The van der Waals surface area contributed by atoms with Crippen LogP contribution in [0, 0.1) is 11.8 Å². The molecule has 0 aliphatic carbocycles. The van der Waals surface area contributed by atoms with Crippen molar-refractivity contribution in [2.75, 3.05) is 6.54 Å². The highest BCUT2D eigenvalue weighted by Gasteiger charge is 2.39. The number of carbonyl (C=O) groups is 4. The Morgan fingerprint density at radius 1 is 1.03 bits per heavy atom. The van der Waals surface area contributed by atoms with Gasteiger partial charge in [-0.25, -0.2) is 9.59 Å². The maximum atomic E-state index is 13.6. The number of rotatable bonds is 10. The Labute approximate surface area is 220 Å². The topological polar surface area (TPSA) is 114 Å². The molecular weight excluding hydrogens is 474 g/mol. The van der Waals surface area contributed by atoms with Gasteiger partial charge in [-0.3, -0.25) is 9.59 Å². The fraction of sp³-hybridized carbons (Fsp3) is 0.643. The number of likely N-dealkylation sites (tertiary alicyclic amines) is 1. The molecule has 1 aromatic carbocycles. The molecule has 1 aliphatic heterocycles. The predicted octanol–water partition coefficient (Wildman–Crippen LogP) is 3.80. The summed E-state index contributed by atoms with van der Waals surface area (Å²) in [5.74, 6) is -1.37. The van der Waals surface area contributed by atoms with E-state index < -0.39 is 41.7 Å². The van der Waals surface area contributed by atoms with E-state index in [0.717, 1.165) is 5.56 Å². The zero-order valence-corrected chi connectivity index (χ0v) is 23.2. The van der Waals surface area contributed by atoms with Crippen molar-refractivity contribution in [3.05, 3.63) is 35.9 Å². The summed E-state index contributed by atoms with van der Waals surface area (Å²) in [6.45, 7) is 13.3. The molecule has 3 amide bonds. The Morgan fingerprint density at radius 3 is 2.24 bits per heavy atom. The minimum absolute atomic E-state index is 0.108. The SMILES string of the molecule is CC(C)C[C@H](NC(=O)[C@@H](NC(=O)OC(C)(C)C)C(C)C)C(=O)N1CCC[C@H]1C(=O)OCc1ccccc1. The molecule has 0 spiro atoms. The Kier molecular flexibility index (Phi) is 10.9. The van der Waals surface area contributed by atoms with Crippen molar-refractivity contribution in [1.29, 1.82) is 0 Å². The molecule has 206 valence electrons. The van der Waals surface area contributed by atoms with E-state index in [1.165, 1.54) is 4.90 Å². The molecule has 37 heavy (non-hydrogen) atoms. The third-order valence-corrected chi connectivity index (χ3v) is 5.97. The third kappa shape index (κ3) is 9.70. The lowest BCUT2D eigenvalue weighted by atomic mass is 9.99. The summed E-state index contributed by atoms with van der Waals surface area (Å²) in [6.07, 6.45) is 0.878. The van der Waals surface area contributed by atoms with Crippen molar-refractivity contribution in [2.24, 2.45) is 11.8 Å². The molecule has 2 N–H and O–H groups in total. The van der Waals surface area contributed by atoms with Crippen LogP contribution in [-0.4, -0.2) is 59.0 Å². The smallest absolute Gasteiger partial charge is 0.408 e. The third-order valence-electron chi connectivity index (χ3n) is 5.97. The van der Waals surface area contributed by atoms with Crippen LogP contribution >= 0.6 is 0 Å². The van der Waals surface area contributed by atoms with Gasteiger partial charge < -0.3 is 25.0 Å². The first kappa shape index (κ1) is 30.1. The van der Waals surface area contributed by atoms with Crippen molar-refractivity contribution in [1.82, 2.24) is 15.5 Å². The van der Waals surface area contributed by atoms with Gasteiger partial charge in [-0.15, -0.1) is 0 Å². The monoisotopic (exact) mass is 517 g/mol. The Bertz CT molecular complexity index is 926. The van der Waals surface area contributed by atoms with Gasteiger partial charge in [0.2, 0.25) is 11.8 Å². The largest absolute Gasteiger partial charge is 0.459 e. The molecule has 0 bridgehead atoms. The van der Waals surface area contributed by atoms with Gasteiger partial charge in [-0.1, -0.05) is 58.0 Å². The van der Waals surface area contributed by atoms with E-state index in [9.17, 15) is 19.2 Å². The van der Waals surface area contributed by atoms with Gasteiger partial charge in [-0.05, 0) is 57.4 Å². The second kappa shape index (κ2) is 13.4. The van der Waals surface area contributed by atoms with E-state index >= 15 is 0 Å². The van der Waals surface area contributed by atoms with E-state index in [-0.39, 0.29) is 24.3 Å². The summed E-state index contributed by atoms with van der Waals surface area (Å²) in [7, 11) is 0. The van der Waals surface area contributed by atoms with Gasteiger partial charge >= 0.3 is 12.1 Å². The quantitative estimate of drug-likeness (QED) is 0.457. The van der Waals surface area contributed by atoms with Crippen LogP contribution in [-0.2, 0) is 30.5 Å². The van der Waals surface area contributed by atoms with Gasteiger partial charge in [0.25, 0.3) is 0 Å². The van der Waals surface area contributed by atoms with Crippen LogP contribution in [0.25, 0.3) is 0 Å². The highest BCUT2D eigenvalue weighted by molar-refractivity contribution is 5.93. The van der Waals surface area contributed by atoms with Crippen molar-refractivity contribution in [2.45, 2.75) is 98.1 Å². The summed E-state index contributed by atoms with van der Waals surface area (Å²) < 4.78 is 10.8. The average Bonchev–Trinajstić information content (AvgIpc) is 3.29. The first-order valence-electron chi connectivity index (χ1n) is 13.1. The van der Waals surface area contributed by atoms with Crippen LogP contribution in [0.5, 0.6) is 0 Å². The van der Waals surface area contributed by atoms with Gasteiger partial charge in [0.05, 0.1) is 0 Å². The number of hydrogen-bond donors (Lipinski definition) is 2. The molecule has 1 fully saturated rings. The van der Waals surface area contributed by atoms with Gasteiger partial charge in [0.15, 0.2) is 0 Å². The molecule has 1 heterocycles. The van der Waals surface area contributed by atoms with E-state index in [1.54, 1.807) is 34.6 Å². The van der Waals surface area contributed by atoms with E-state index in [4.69, 9.17) is 9.47 Å². The van der Waals surface area contributed by atoms with Gasteiger partial charge in [0.1, 0.15) is 30.3 Å². The average molecular weight is 518 g/mol. The number of amides is 3. The van der Waals surface area contributed by atoms with Crippen LogP contribution < -0.4 is 10.6 Å². The molecule has 1 aliphatic rings. The molecule has 1 saturated heterocycles. The first-order chi connectivity index (χ1) is 17.3. The minimum Gasteiger partial charge on any atom is -0.459 e. The van der Waals surface area contributed by atoms with E-state index in [0.29, 0.717) is 25.8 Å². The van der Waals surface area contributed by atoms with Gasteiger partial charge in [-0.2, -0.15) is 0 Å². The lowest BCUT2D eigenvalue weighted by Gasteiger charge is -2.31. The van der Waals surface area contributed by atoms with E-state index in [1.807, 2.05) is 44.2 Å². The number of esters is 1. The Balaban J connectivity index is 2.10. The molecule has 9 nitrogen and oxygen atoms in total. The molecule has 0 aromatic heterocycles. The number of benzene rings is 1. The standard InChI is InChI=1S/C28H43N3O6/c1-18(2)16-21(29-24(32)23(19(3)4)30-27(35)37-28(5,6)7)25(33)31-15-11-14-22(31)26(34)36-17-20-12-9-8-10-13-20/h8-10,12-13,18-19,21-23H,11,14-17H2,1-7H3,(H,29,32)(H,30,35)/t21-,22-,23-/m0/s1. The summed E-state index contributed by atoms with van der Waals surface area (Å²) in [6, 6.07) is 6.96. The first-order valence-corrected chi connectivity index (χ1v) is 13.1. The van der Waals surface area contributed by atoms with Gasteiger partial charge in [0, 0.05) is 6.54 Å². The molecule has 3 atom stereocenters. The lowest BCUT2D eigenvalue weighted by Crippen LogP contribution is -2.57. The molecule has 2 rings (SSSR count). The number of nitrogens with one attached hydrogen (secondary N) is 2. The van der Waals surface area contributed by atoms with Crippen LogP contribution in [0.1, 0.15) is 73.3 Å². The minimum atomic E-state index is -0.887. The fourth-order valence-corrected chi connectivity index (χ4v) is 4.22. The molecule has 0 radical (unpaired) electrons. The Morgan fingerprint density at radius 2 is 1.68 bits per heavy atom. The van der Waals surface area contributed by atoms with Crippen LogP contribution in [0.15, 0.2) is 30.3 Å². The van der Waals surface area contributed by atoms with E-state index in [2.05, 4.69) is 10.6 Å². The molecule has 9 heteroatoms. The predicted molar refractivity (Wildman–Crippen MR) is 140 cm³/mol. The second-order valence-electron chi connectivity index (χ2n) is 11.3.